The lowest BCUT2D eigenvalue weighted by Crippen LogP contribution is -2.31. The average molecular weight is 497 g/mol. The van der Waals surface area contributed by atoms with Crippen LogP contribution >= 0.6 is 0 Å². The molecular formula is C23H33F5N2O4. The summed E-state index contributed by atoms with van der Waals surface area (Å²) in [4.78, 5) is 27.4. The fourth-order valence-corrected chi connectivity index (χ4v) is 2.11. The van der Waals surface area contributed by atoms with Crippen LogP contribution < -0.4 is 5.32 Å². The molecule has 0 spiro atoms. The van der Waals surface area contributed by atoms with Crippen LogP contribution in [0.25, 0.3) is 0 Å². The Kier molecular flexibility index (Phi) is 13.4. The van der Waals surface area contributed by atoms with E-state index in [1.54, 1.807) is 13.8 Å². The molecule has 1 unspecified atom stereocenters. The van der Waals surface area contributed by atoms with Gasteiger partial charge in [-0.25, -0.2) is 26.7 Å². The van der Waals surface area contributed by atoms with Gasteiger partial charge in [-0.3, -0.25) is 9.63 Å². The zero-order valence-corrected chi connectivity index (χ0v) is 20.6. The summed E-state index contributed by atoms with van der Waals surface area (Å²) in [6.07, 6.45) is 1.06. The molecule has 0 aliphatic heterocycles. The maximum atomic E-state index is 13.1. The van der Waals surface area contributed by atoms with Crippen LogP contribution in [0.3, 0.4) is 0 Å². The quantitative estimate of drug-likeness (QED) is 0.0630. The normalized spacial score (nSPS) is 12.4. The van der Waals surface area contributed by atoms with E-state index in [1.807, 2.05) is 27.7 Å². The monoisotopic (exact) mass is 496 g/mol. The third-order valence-electron chi connectivity index (χ3n) is 5.19. The second-order valence-corrected chi connectivity index (χ2v) is 8.15. The van der Waals surface area contributed by atoms with Crippen molar-refractivity contribution in [2.24, 2.45) is 10.6 Å². The Labute approximate surface area is 196 Å². The minimum Gasteiger partial charge on any atom is -0.463 e. The number of halogens is 5. The van der Waals surface area contributed by atoms with E-state index >= 15 is 0 Å². The van der Waals surface area contributed by atoms with Crippen LogP contribution in [0.5, 0.6) is 0 Å². The lowest BCUT2D eigenvalue weighted by molar-refractivity contribution is -0.153. The molecule has 6 nitrogen and oxygen atoms in total. The highest BCUT2D eigenvalue weighted by atomic mass is 19.2. The van der Waals surface area contributed by atoms with E-state index in [0.29, 0.717) is 12.8 Å². The lowest BCUT2D eigenvalue weighted by atomic mass is 9.91. The van der Waals surface area contributed by atoms with Gasteiger partial charge in [0, 0.05) is 5.56 Å². The minimum absolute atomic E-state index is 0.119. The SMILES string of the molecule is CC/C(C)=N\OC(=O)NCCOC(=O)C(C)(C)CC.CCC(C)c1c(F)c(F)c(F)c(F)c1F. The number of rotatable bonds is 9. The first-order chi connectivity index (χ1) is 15.7. The summed E-state index contributed by atoms with van der Waals surface area (Å²) in [5.41, 5.74) is -0.511. The highest BCUT2D eigenvalue weighted by molar-refractivity contribution is 5.81. The third-order valence-corrected chi connectivity index (χ3v) is 5.19. The Balaban J connectivity index is 0.000000657. The molecule has 0 heterocycles. The number of carbonyl (C=O) groups excluding carboxylic acids is 2. The molecule has 1 atom stereocenters. The zero-order chi connectivity index (χ0) is 26.6. The number of amides is 1. The standard InChI is InChI=1S/C13H24N2O4.C10H9F5/c1-6-10(3)15-19-12(17)14-8-9-18-11(16)13(4,5)7-2;1-3-4(2)5-6(11)8(13)10(15)9(14)7(5)12/h6-9H2,1-5H3,(H,14,17);4H,3H2,1-2H3/b15-10-;. The Morgan fingerprint density at radius 2 is 1.47 bits per heavy atom. The molecule has 0 saturated carbocycles. The van der Waals surface area contributed by atoms with Crippen molar-refractivity contribution in [2.75, 3.05) is 13.2 Å². The molecule has 0 fully saturated rings. The molecule has 34 heavy (non-hydrogen) atoms. The van der Waals surface area contributed by atoms with Crippen LogP contribution in [0.15, 0.2) is 5.16 Å². The van der Waals surface area contributed by atoms with Crippen molar-refractivity contribution in [3.05, 3.63) is 34.6 Å². The van der Waals surface area contributed by atoms with Gasteiger partial charge < -0.3 is 10.1 Å². The molecule has 1 N–H and O–H groups in total. The largest absolute Gasteiger partial charge is 0.463 e. The van der Waals surface area contributed by atoms with Crippen molar-refractivity contribution in [1.82, 2.24) is 5.32 Å². The van der Waals surface area contributed by atoms with Crippen LogP contribution in [-0.4, -0.2) is 30.9 Å². The smallest absolute Gasteiger partial charge is 0.433 e. The van der Waals surface area contributed by atoms with Crippen molar-refractivity contribution in [1.29, 1.82) is 0 Å². The number of ether oxygens (including phenoxy) is 1. The number of hydrogen-bond acceptors (Lipinski definition) is 5. The molecule has 0 radical (unpaired) electrons. The number of carbonyl (C=O) groups is 2. The summed E-state index contributed by atoms with van der Waals surface area (Å²) in [6.45, 7) is 12.6. The molecule has 0 saturated heterocycles. The minimum atomic E-state index is -2.11. The number of hydrogen-bond donors (Lipinski definition) is 1. The number of esters is 1. The first-order valence-electron chi connectivity index (χ1n) is 10.9. The number of nitrogens with one attached hydrogen (secondary N) is 1. The summed E-state index contributed by atoms with van der Waals surface area (Å²) < 4.78 is 69.4. The van der Waals surface area contributed by atoms with E-state index in [4.69, 9.17) is 4.74 Å². The molecule has 1 amide bonds. The van der Waals surface area contributed by atoms with E-state index in [-0.39, 0.29) is 19.1 Å². The van der Waals surface area contributed by atoms with Crippen LogP contribution in [-0.2, 0) is 14.4 Å². The van der Waals surface area contributed by atoms with Crippen molar-refractivity contribution < 1.29 is 41.1 Å². The summed E-state index contributed by atoms with van der Waals surface area (Å²) in [5.74, 6) is -10.3. The van der Waals surface area contributed by atoms with Crippen molar-refractivity contribution >= 4 is 17.8 Å². The summed E-state index contributed by atoms with van der Waals surface area (Å²) in [7, 11) is 0. The molecule has 0 aliphatic rings. The lowest BCUT2D eigenvalue weighted by Gasteiger charge is -2.20. The van der Waals surface area contributed by atoms with Gasteiger partial charge in [0.25, 0.3) is 0 Å². The van der Waals surface area contributed by atoms with E-state index in [9.17, 15) is 31.5 Å². The highest BCUT2D eigenvalue weighted by Gasteiger charge is 2.28. The Hall–Kier alpha value is -2.72. The molecule has 0 aliphatic carbocycles. The third kappa shape index (κ3) is 9.26. The van der Waals surface area contributed by atoms with Crippen molar-refractivity contribution in [3.63, 3.8) is 0 Å². The molecule has 1 aromatic rings. The second kappa shape index (κ2) is 14.5. The zero-order valence-electron chi connectivity index (χ0n) is 20.6. The Morgan fingerprint density at radius 3 is 1.91 bits per heavy atom. The molecule has 11 heteroatoms. The second-order valence-electron chi connectivity index (χ2n) is 8.15. The van der Waals surface area contributed by atoms with Crippen LogP contribution in [0.2, 0.25) is 0 Å². The van der Waals surface area contributed by atoms with Crippen LogP contribution in [0.4, 0.5) is 26.7 Å². The van der Waals surface area contributed by atoms with Gasteiger partial charge in [-0.05, 0) is 46.0 Å². The van der Waals surface area contributed by atoms with Gasteiger partial charge in [0.15, 0.2) is 23.3 Å². The molecule has 0 aromatic heterocycles. The molecular weight excluding hydrogens is 463 g/mol. The predicted octanol–water partition coefficient (Wildman–Crippen LogP) is 6.37. The fraction of sp³-hybridized carbons (Fsp3) is 0.609. The molecule has 194 valence electrons. The van der Waals surface area contributed by atoms with E-state index < -0.39 is 52.1 Å². The first-order valence-corrected chi connectivity index (χ1v) is 10.9. The van der Waals surface area contributed by atoms with Gasteiger partial charge in [-0.1, -0.05) is 32.9 Å². The molecule has 1 rings (SSSR count). The maximum Gasteiger partial charge on any atom is 0.433 e. The predicted molar refractivity (Wildman–Crippen MR) is 118 cm³/mol. The first kappa shape index (κ1) is 31.3. The van der Waals surface area contributed by atoms with Gasteiger partial charge in [-0.15, -0.1) is 0 Å². The summed E-state index contributed by atoms with van der Waals surface area (Å²) >= 11 is 0. The van der Waals surface area contributed by atoms with Crippen LogP contribution in [0, 0.1) is 34.5 Å². The van der Waals surface area contributed by atoms with Crippen molar-refractivity contribution in [3.8, 4) is 0 Å². The summed E-state index contributed by atoms with van der Waals surface area (Å²) in [5, 5.41) is 6.05. The number of nitrogens with zero attached hydrogens (tertiary/aromatic N) is 1. The average Bonchev–Trinajstić information content (AvgIpc) is 2.82. The number of benzene rings is 1. The molecule has 1 aromatic carbocycles. The topological polar surface area (TPSA) is 77.0 Å². The Morgan fingerprint density at radius 1 is 0.971 bits per heavy atom. The highest BCUT2D eigenvalue weighted by Crippen LogP contribution is 2.30. The molecule has 0 bridgehead atoms. The number of oxime groups is 1. The van der Waals surface area contributed by atoms with E-state index in [2.05, 4.69) is 15.3 Å². The van der Waals surface area contributed by atoms with Gasteiger partial charge in [0.1, 0.15) is 6.61 Å². The maximum absolute atomic E-state index is 13.1. The Bertz CT molecular complexity index is 846. The van der Waals surface area contributed by atoms with Crippen LogP contribution in [0.1, 0.15) is 79.2 Å². The van der Waals surface area contributed by atoms with Gasteiger partial charge in [0.2, 0.25) is 5.82 Å². The van der Waals surface area contributed by atoms with Gasteiger partial charge in [-0.2, -0.15) is 0 Å². The van der Waals surface area contributed by atoms with E-state index in [1.165, 1.54) is 6.92 Å². The summed E-state index contributed by atoms with van der Waals surface area (Å²) in [6, 6.07) is 0. The van der Waals surface area contributed by atoms with Gasteiger partial charge >= 0.3 is 12.1 Å². The van der Waals surface area contributed by atoms with Gasteiger partial charge in [0.05, 0.1) is 17.7 Å². The van der Waals surface area contributed by atoms with Crippen molar-refractivity contribution in [2.45, 2.75) is 73.6 Å². The van der Waals surface area contributed by atoms with E-state index in [0.717, 1.165) is 12.1 Å². The fourth-order valence-electron chi connectivity index (χ4n) is 2.11.